The molecule has 1 atom stereocenters. The van der Waals surface area contributed by atoms with Gasteiger partial charge in [-0.25, -0.2) is 0 Å². The maximum atomic E-state index is 5.54. The Morgan fingerprint density at radius 1 is 1.50 bits per heavy atom. The first-order chi connectivity index (χ1) is 5.86. The fraction of sp³-hybridized carbons (Fsp3) is 0.800. The number of likely N-dealkylation sites (tertiary alicyclic amines) is 1. The van der Waals surface area contributed by atoms with Crippen LogP contribution in [0.3, 0.4) is 0 Å². The van der Waals surface area contributed by atoms with Gasteiger partial charge >= 0.3 is 0 Å². The molecule has 70 valence electrons. The molecule has 0 bridgehead atoms. The lowest BCUT2D eigenvalue weighted by Gasteiger charge is -2.12. The quantitative estimate of drug-likeness (QED) is 0.483. The summed E-state index contributed by atoms with van der Waals surface area (Å²) in [7, 11) is 0. The van der Waals surface area contributed by atoms with Crippen LogP contribution in [0.25, 0.3) is 0 Å². The van der Waals surface area contributed by atoms with E-state index in [9.17, 15) is 0 Å². The monoisotopic (exact) mass is 187 g/mol. The van der Waals surface area contributed by atoms with Crippen molar-refractivity contribution in [2.45, 2.75) is 19.8 Å². The second-order valence-corrected chi connectivity index (χ2v) is 3.76. The maximum absolute atomic E-state index is 5.54. The highest BCUT2D eigenvalue weighted by Crippen LogP contribution is 2.18. The highest BCUT2D eigenvalue weighted by Gasteiger charge is 2.18. The first kappa shape index (κ1) is 10.1. The summed E-state index contributed by atoms with van der Waals surface area (Å²) in [6.45, 7) is 5.92. The largest absolute Gasteiger partial charge is 0.299 e. The van der Waals surface area contributed by atoms with Gasteiger partial charge in [0, 0.05) is 19.0 Å². The lowest BCUT2D eigenvalue weighted by molar-refractivity contribution is 0.356. The van der Waals surface area contributed by atoms with Gasteiger partial charge in [-0.15, -0.1) is 11.6 Å². The fourth-order valence-corrected chi connectivity index (χ4v) is 1.82. The van der Waals surface area contributed by atoms with E-state index in [1.54, 1.807) is 0 Å². The van der Waals surface area contributed by atoms with Crippen molar-refractivity contribution in [3.05, 3.63) is 12.2 Å². The summed E-state index contributed by atoms with van der Waals surface area (Å²) in [6, 6.07) is 0. The van der Waals surface area contributed by atoms with Crippen LogP contribution < -0.4 is 0 Å². The van der Waals surface area contributed by atoms with Crippen molar-refractivity contribution >= 4 is 11.6 Å². The molecule has 0 aromatic heterocycles. The molecule has 0 aromatic carbocycles. The Hall–Kier alpha value is -0.0100. The lowest BCUT2D eigenvalue weighted by atomic mass is 10.1. The van der Waals surface area contributed by atoms with Gasteiger partial charge in [0.15, 0.2) is 0 Å². The van der Waals surface area contributed by atoms with Gasteiger partial charge in [-0.05, 0) is 18.9 Å². The summed E-state index contributed by atoms with van der Waals surface area (Å²) in [5.74, 6) is 1.58. The smallest absolute Gasteiger partial charge is 0.0404 e. The number of hydrogen-bond donors (Lipinski definition) is 0. The molecule has 0 aliphatic carbocycles. The van der Waals surface area contributed by atoms with Gasteiger partial charge in [0.1, 0.15) is 0 Å². The molecule has 1 rings (SSSR count). The Kier molecular flexibility index (Phi) is 4.70. The van der Waals surface area contributed by atoms with E-state index in [4.69, 9.17) is 11.6 Å². The normalized spacial score (nSPS) is 25.7. The number of nitrogens with zero attached hydrogens (tertiary/aromatic N) is 1. The van der Waals surface area contributed by atoms with Crippen LogP contribution >= 0.6 is 11.6 Å². The van der Waals surface area contributed by atoms with Gasteiger partial charge in [-0.1, -0.05) is 25.5 Å². The van der Waals surface area contributed by atoms with E-state index in [1.807, 2.05) is 6.08 Å². The average Bonchev–Trinajstić information content (AvgIpc) is 2.53. The third-order valence-corrected chi connectivity index (χ3v) is 2.74. The van der Waals surface area contributed by atoms with Crippen molar-refractivity contribution in [2.75, 3.05) is 25.5 Å². The second kappa shape index (κ2) is 5.60. The molecular formula is C10H18ClN. The van der Waals surface area contributed by atoms with Gasteiger partial charge in [0.05, 0.1) is 0 Å². The summed E-state index contributed by atoms with van der Waals surface area (Å²) < 4.78 is 0. The second-order valence-electron chi connectivity index (χ2n) is 3.45. The van der Waals surface area contributed by atoms with Crippen LogP contribution in [0.5, 0.6) is 0 Å². The number of rotatable bonds is 4. The van der Waals surface area contributed by atoms with Crippen molar-refractivity contribution in [3.8, 4) is 0 Å². The fourth-order valence-electron chi connectivity index (χ4n) is 1.70. The van der Waals surface area contributed by atoms with Gasteiger partial charge in [-0.2, -0.15) is 0 Å². The van der Waals surface area contributed by atoms with Crippen LogP contribution in [0, 0.1) is 5.92 Å². The highest BCUT2D eigenvalue weighted by atomic mass is 35.5. The molecule has 1 fully saturated rings. The zero-order valence-corrected chi connectivity index (χ0v) is 8.56. The maximum Gasteiger partial charge on any atom is 0.0404 e. The molecule has 2 heteroatoms. The minimum absolute atomic E-state index is 0.644. The van der Waals surface area contributed by atoms with Crippen LogP contribution in [0.1, 0.15) is 19.8 Å². The number of hydrogen-bond acceptors (Lipinski definition) is 1. The van der Waals surface area contributed by atoms with E-state index in [2.05, 4.69) is 17.9 Å². The minimum atomic E-state index is 0.644. The van der Waals surface area contributed by atoms with E-state index < -0.39 is 0 Å². The summed E-state index contributed by atoms with van der Waals surface area (Å²) in [6.07, 6.45) is 6.91. The van der Waals surface area contributed by atoms with Gasteiger partial charge in [0.2, 0.25) is 0 Å². The molecule has 1 saturated heterocycles. The standard InChI is InChI=1S/C10H18ClN/c1-2-10-5-8-12(9-10)7-4-3-6-11/h3-4,10H,2,5-9H2,1H3/b4-3+. The third kappa shape index (κ3) is 3.16. The molecule has 1 unspecified atom stereocenters. The molecule has 0 N–H and O–H groups in total. The molecule has 0 saturated carbocycles. The Morgan fingerprint density at radius 3 is 2.92 bits per heavy atom. The van der Waals surface area contributed by atoms with Crippen LogP contribution in [0.4, 0.5) is 0 Å². The van der Waals surface area contributed by atoms with Crippen LogP contribution in [-0.2, 0) is 0 Å². The van der Waals surface area contributed by atoms with Crippen molar-refractivity contribution < 1.29 is 0 Å². The zero-order chi connectivity index (χ0) is 8.81. The molecular weight excluding hydrogens is 170 g/mol. The number of alkyl halides is 1. The van der Waals surface area contributed by atoms with E-state index in [0.29, 0.717) is 5.88 Å². The first-order valence-electron chi connectivity index (χ1n) is 4.80. The van der Waals surface area contributed by atoms with Crippen molar-refractivity contribution in [1.29, 1.82) is 0 Å². The predicted octanol–water partition coefficient (Wildman–Crippen LogP) is 2.51. The molecule has 1 heterocycles. The Balaban J connectivity index is 2.14. The van der Waals surface area contributed by atoms with Crippen molar-refractivity contribution in [3.63, 3.8) is 0 Å². The SMILES string of the molecule is CCC1CCN(C/C=C/CCl)C1. The zero-order valence-electron chi connectivity index (χ0n) is 7.80. The predicted molar refractivity (Wildman–Crippen MR) is 54.7 cm³/mol. The Morgan fingerprint density at radius 2 is 2.33 bits per heavy atom. The van der Waals surface area contributed by atoms with E-state index in [-0.39, 0.29) is 0 Å². The van der Waals surface area contributed by atoms with Crippen molar-refractivity contribution in [2.24, 2.45) is 5.92 Å². The van der Waals surface area contributed by atoms with E-state index in [1.165, 1.54) is 25.9 Å². The Bertz CT molecular complexity index is 145. The summed E-state index contributed by atoms with van der Waals surface area (Å²) in [5, 5.41) is 0. The molecule has 1 aliphatic heterocycles. The van der Waals surface area contributed by atoms with Gasteiger partial charge < -0.3 is 0 Å². The number of allylic oxidation sites excluding steroid dienone is 1. The molecule has 1 aliphatic rings. The topological polar surface area (TPSA) is 3.24 Å². The molecule has 0 radical (unpaired) electrons. The van der Waals surface area contributed by atoms with Gasteiger partial charge in [-0.3, -0.25) is 4.90 Å². The highest BCUT2D eigenvalue weighted by molar-refractivity contribution is 6.18. The minimum Gasteiger partial charge on any atom is -0.299 e. The summed E-state index contributed by atoms with van der Waals surface area (Å²) in [4.78, 5) is 2.50. The molecule has 0 spiro atoms. The summed E-state index contributed by atoms with van der Waals surface area (Å²) in [5.41, 5.74) is 0. The number of halogens is 1. The molecule has 0 aromatic rings. The van der Waals surface area contributed by atoms with E-state index in [0.717, 1.165) is 12.5 Å². The first-order valence-corrected chi connectivity index (χ1v) is 5.33. The third-order valence-electron chi connectivity index (χ3n) is 2.57. The summed E-state index contributed by atoms with van der Waals surface area (Å²) >= 11 is 5.54. The van der Waals surface area contributed by atoms with Crippen molar-refractivity contribution in [1.82, 2.24) is 4.90 Å². The van der Waals surface area contributed by atoms with E-state index >= 15 is 0 Å². The molecule has 0 amide bonds. The lowest BCUT2D eigenvalue weighted by Crippen LogP contribution is -2.20. The molecule has 12 heavy (non-hydrogen) atoms. The van der Waals surface area contributed by atoms with Crippen LogP contribution in [0.15, 0.2) is 12.2 Å². The van der Waals surface area contributed by atoms with Crippen LogP contribution in [-0.4, -0.2) is 30.4 Å². The average molecular weight is 188 g/mol. The van der Waals surface area contributed by atoms with Crippen LogP contribution in [0.2, 0.25) is 0 Å². The van der Waals surface area contributed by atoms with Gasteiger partial charge in [0.25, 0.3) is 0 Å². The molecule has 1 nitrogen and oxygen atoms in total. The Labute approximate surface area is 80.4 Å².